The minimum atomic E-state index is -0.142. The quantitative estimate of drug-likeness (QED) is 0.191. The zero-order valence-electron chi connectivity index (χ0n) is 20.6. The van der Waals surface area contributed by atoms with Crippen molar-refractivity contribution >= 4 is 28.6 Å². The summed E-state index contributed by atoms with van der Waals surface area (Å²) in [6.07, 6.45) is 0. The zero-order valence-corrected chi connectivity index (χ0v) is 21.4. The highest BCUT2D eigenvalue weighted by atomic mass is 32.2. The number of hydrogen-bond donors (Lipinski definition) is 0. The Balaban J connectivity index is 1.46. The zero-order chi connectivity index (χ0) is 25.6. The average molecular weight is 506 g/mol. The van der Waals surface area contributed by atoms with Gasteiger partial charge in [0.2, 0.25) is 5.91 Å². The summed E-state index contributed by atoms with van der Waals surface area (Å²) >= 11 is 1.29. The third-order valence-corrected chi connectivity index (χ3v) is 7.04. The van der Waals surface area contributed by atoms with E-state index < -0.39 is 0 Å². The molecule has 0 N–H and O–H groups in total. The highest BCUT2D eigenvalue weighted by Gasteiger charge is 2.19. The van der Waals surface area contributed by atoms with Gasteiger partial charge < -0.3 is 4.90 Å². The first-order chi connectivity index (χ1) is 18.1. The second kappa shape index (κ2) is 11.3. The molecule has 0 unspecified atom stereocenters. The average Bonchev–Trinajstić information content (AvgIpc) is 2.92. The minimum absolute atomic E-state index is 0.0177. The van der Waals surface area contributed by atoms with Crippen LogP contribution in [0.25, 0.3) is 16.6 Å². The Bertz CT molecular complexity index is 1540. The van der Waals surface area contributed by atoms with Gasteiger partial charge in [-0.15, -0.1) is 0 Å². The molecule has 5 nitrogen and oxygen atoms in total. The van der Waals surface area contributed by atoms with Crippen LogP contribution < -0.4 is 5.56 Å². The van der Waals surface area contributed by atoms with Gasteiger partial charge in [-0.1, -0.05) is 96.7 Å². The predicted octanol–water partition coefficient (Wildman–Crippen LogP) is 6.02. The van der Waals surface area contributed by atoms with E-state index in [0.29, 0.717) is 29.1 Å². The normalized spacial score (nSPS) is 10.9. The predicted molar refractivity (Wildman–Crippen MR) is 150 cm³/mol. The number of aromatic nitrogens is 2. The molecule has 0 aliphatic heterocycles. The van der Waals surface area contributed by atoms with Crippen molar-refractivity contribution in [3.05, 3.63) is 136 Å². The van der Waals surface area contributed by atoms with Crippen molar-refractivity contribution in [3.63, 3.8) is 0 Å². The Morgan fingerprint density at radius 3 is 2.08 bits per heavy atom. The van der Waals surface area contributed by atoms with E-state index in [9.17, 15) is 9.59 Å². The molecule has 0 saturated heterocycles. The first-order valence-electron chi connectivity index (χ1n) is 12.2. The van der Waals surface area contributed by atoms with E-state index in [2.05, 4.69) is 0 Å². The van der Waals surface area contributed by atoms with E-state index in [1.807, 2.05) is 115 Å². The summed E-state index contributed by atoms with van der Waals surface area (Å²) in [4.78, 5) is 33.8. The summed E-state index contributed by atoms with van der Waals surface area (Å²) in [5.74, 6) is 0.145. The Morgan fingerprint density at radius 2 is 1.43 bits per heavy atom. The van der Waals surface area contributed by atoms with Crippen LogP contribution >= 0.6 is 11.8 Å². The number of aryl methyl sites for hydroxylation is 1. The van der Waals surface area contributed by atoms with Gasteiger partial charge in [0.05, 0.1) is 22.3 Å². The van der Waals surface area contributed by atoms with Gasteiger partial charge in [-0.25, -0.2) is 4.98 Å². The number of rotatable bonds is 8. The molecule has 0 atom stereocenters. The summed E-state index contributed by atoms with van der Waals surface area (Å²) < 4.78 is 1.62. The van der Waals surface area contributed by atoms with Gasteiger partial charge >= 0.3 is 0 Å². The molecule has 1 amide bonds. The molecular formula is C31H27N3O2S. The van der Waals surface area contributed by atoms with Crippen LogP contribution in [0.5, 0.6) is 0 Å². The third kappa shape index (κ3) is 5.81. The highest BCUT2D eigenvalue weighted by molar-refractivity contribution is 7.99. The van der Waals surface area contributed by atoms with Crippen molar-refractivity contribution in [3.8, 4) is 5.69 Å². The molecule has 0 radical (unpaired) electrons. The lowest BCUT2D eigenvalue weighted by molar-refractivity contribution is -0.129. The fraction of sp³-hybridized carbons (Fsp3) is 0.129. The number of benzene rings is 4. The molecule has 0 spiro atoms. The van der Waals surface area contributed by atoms with E-state index in [-0.39, 0.29) is 17.2 Å². The molecule has 184 valence electrons. The molecule has 4 aromatic carbocycles. The minimum Gasteiger partial charge on any atom is -0.333 e. The molecular weight excluding hydrogens is 478 g/mol. The molecule has 1 heterocycles. The molecule has 5 aromatic rings. The van der Waals surface area contributed by atoms with Crippen LogP contribution in [0.3, 0.4) is 0 Å². The Hall–Kier alpha value is -4.16. The lowest BCUT2D eigenvalue weighted by Gasteiger charge is -2.23. The van der Waals surface area contributed by atoms with E-state index >= 15 is 0 Å². The van der Waals surface area contributed by atoms with Crippen molar-refractivity contribution in [1.29, 1.82) is 0 Å². The van der Waals surface area contributed by atoms with Crippen molar-refractivity contribution in [2.24, 2.45) is 0 Å². The first-order valence-corrected chi connectivity index (χ1v) is 13.1. The number of thioether (sulfide) groups is 1. The van der Waals surface area contributed by atoms with Gasteiger partial charge in [0.1, 0.15) is 0 Å². The molecule has 0 bridgehead atoms. The molecule has 6 heteroatoms. The highest BCUT2D eigenvalue weighted by Crippen LogP contribution is 2.23. The van der Waals surface area contributed by atoms with Crippen molar-refractivity contribution < 1.29 is 4.79 Å². The smallest absolute Gasteiger partial charge is 0.266 e. The fourth-order valence-corrected chi connectivity index (χ4v) is 5.18. The molecule has 1 aromatic heterocycles. The van der Waals surface area contributed by atoms with Gasteiger partial charge in [-0.2, -0.15) is 0 Å². The van der Waals surface area contributed by atoms with Crippen LogP contribution in [0.2, 0.25) is 0 Å². The van der Waals surface area contributed by atoms with Crippen molar-refractivity contribution in [2.45, 2.75) is 25.2 Å². The fourth-order valence-electron chi connectivity index (χ4n) is 4.26. The second-order valence-corrected chi connectivity index (χ2v) is 9.84. The number of para-hydroxylation sites is 1. The van der Waals surface area contributed by atoms with Crippen LogP contribution in [0.1, 0.15) is 16.7 Å². The number of fused-ring (bicyclic) bond motifs is 1. The molecule has 0 aliphatic carbocycles. The van der Waals surface area contributed by atoms with Gasteiger partial charge in [0.15, 0.2) is 5.16 Å². The maximum Gasteiger partial charge on any atom is 0.266 e. The monoisotopic (exact) mass is 505 g/mol. The second-order valence-electron chi connectivity index (χ2n) is 8.90. The molecule has 0 aliphatic rings. The molecule has 0 saturated carbocycles. The maximum atomic E-state index is 13.6. The van der Waals surface area contributed by atoms with Crippen molar-refractivity contribution in [1.82, 2.24) is 14.5 Å². The molecule has 5 rings (SSSR count). The van der Waals surface area contributed by atoms with E-state index in [4.69, 9.17) is 4.98 Å². The van der Waals surface area contributed by atoms with E-state index in [0.717, 1.165) is 22.4 Å². The topological polar surface area (TPSA) is 55.2 Å². The number of nitrogens with zero attached hydrogens (tertiary/aromatic N) is 3. The summed E-state index contributed by atoms with van der Waals surface area (Å²) in [5, 5.41) is 1.05. The first kappa shape index (κ1) is 24.5. The van der Waals surface area contributed by atoms with Crippen LogP contribution in [0.4, 0.5) is 0 Å². The Morgan fingerprint density at radius 1 is 0.811 bits per heavy atom. The van der Waals surface area contributed by atoms with Crippen LogP contribution in [-0.2, 0) is 17.9 Å². The SMILES string of the molecule is Cc1cccc(-n2c(SCC(=O)N(Cc3ccccc3)Cc3ccccc3)nc3ccccc3c2=O)c1. The molecule has 0 fully saturated rings. The van der Waals surface area contributed by atoms with Crippen LogP contribution in [0, 0.1) is 6.92 Å². The Kier molecular flexibility index (Phi) is 7.47. The lowest BCUT2D eigenvalue weighted by atomic mass is 10.1. The van der Waals surface area contributed by atoms with Gasteiger partial charge in [0, 0.05) is 13.1 Å². The van der Waals surface area contributed by atoms with Crippen molar-refractivity contribution in [2.75, 3.05) is 5.75 Å². The lowest BCUT2D eigenvalue weighted by Crippen LogP contribution is -2.32. The standard InChI is InChI=1S/C31H27N3O2S/c1-23-11-10-16-26(19-23)34-30(36)27-17-8-9-18-28(27)32-31(34)37-22-29(35)33(20-24-12-4-2-5-13-24)21-25-14-6-3-7-15-25/h2-19H,20-22H2,1H3. The number of hydrogen-bond acceptors (Lipinski definition) is 4. The van der Waals surface area contributed by atoms with Crippen LogP contribution in [-0.4, -0.2) is 26.1 Å². The summed E-state index contributed by atoms with van der Waals surface area (Å²) in [7, 11) is 0. The number of amides is 1. The van der Waals surface area contributed by atoms with E-state index in [1.165, 1.54) is 11.8 Å². The van der Waals surface area contributed by atoms with Crippen LogP contribution in [0.15, 0.2) is 119 Å². The number of carbonyl (C=O) groups is 1. The Labute approximate surface area is 220 Å². The summed E-state index contributed by atoms with van der Waals surface area (Å²) in [6, 6.07) is 35.1. The van der Waals surface area contributed by atoms with Gasteiger partial charge in [0.25, 0.3) is 5.56 Å². The summed E-state index contributed by atoms with van der Waals surface area (Å²) in [5.41, 5.74) is 4.40. The largest absolute Gasteiger partial charge is 0.333 e. The molecule has 37 heavy (non-hydrogen) atoms. The third-order valence-electron chi connectivity index (χ3n) is 6.11. The van der Waals surface area contributed by atoms with Gasteiger partial charge in [-0.3, -0.25) is 14.2 Å². The maximum absolute atomic E-state index is 13.6. The summed E-state index contributed by atoms with van der Waals surface area (Å²) in [6.45, 7) is 3.00. The van der Waals surface area contributed by atoms with Gasteiger partial charge in [-0.05, 0) is 47.9 Å². The number of carbonyl (C=O) groups excluding carboxylic acids is 1. The van der Waals surface area contributed by atoms with E-state index in [1.54, 1.807) is 10.6 Å².